The Morgan fingerprint density at radius 2 is 2.15 bits per heavy atom. The first-order valence-electron chi connectivity index (χ1n) is 7.33. The second-order valence-corrected chi connectivity index (χ2v) is 6.37. The fourth-order valence-electron chi connectivity index (χ4n) is 2.30. The molecule has 1 heterocycles. The van der Waals surface area contributed by atoms with Crippen LogP contribution in [-0.2, 0) is 9.59 Å². The van der Waals surface area contributed by atoms with Crippen molar-refractivity contribution in [3.8, 4) is 0 Å². The Bertz CT molecular complexity index is 393. The number of thioether (sulfide) groups is 1. The van der Waals surface area contributed by atoms with Gasteiger partial charge in [-0.25, -0.2) is 0 Å². The summed E-state index contributed by atoms with van der Waals surface area (Å²) in [6.07, 6.45) is 4.85. The van der Waals surface area contributed by atoms with E-state index in [1.807, 2.05) is 0 Å². The van der Waals surface area contributed by atoms with E-state index in [2.05, 4.69) is 19.2 Å². The van der Waals surface area contributed by atoms with Gasteiger partial charge < -0.3 is 10.4 Å². The number of Topliss-reactive ketones (excluding diaryl/α,β-unsaturated/α-hetero) is 1. The van der Waals surface area contributed by atoms with E-state index in [4.69, 9.17) is 0 Å². The van der Waals surface area contributed by atoms with Crippen LogP contribution in [0.2, 0.25) is 0 Å². The van der Waals surface area contributed by atoms with Crippen LogP contribution in [0.3, 0.4) is 0 Å². The van der Waals surface area contributed by atoms with Crippen molar-refractivity contribution >= 4 is 23.5 Å². The second-order valence-electron chi connectivity index (χ2n) is 5.30. The van der Waals surface area contributed by atoms with Crippen molar-refractivity contribution in [3.63, 3.8) is 0 Å². The molecule has 1 amide bonds. The standard InChI is InChI=1S/C15H25NO3S/c1-4-6-7-11(5-2)8-20-9-12-14(18)13(10(3)17)15(19)16-12/h11-12,18H,4-9H2,1-3H3,(H,16,19)/t11?,12-/m0/s1. The highest BCUT2D eigenvalue weighted by molar-refractivity contribution is 7.99. The topological polar surface area (TPSA) is 66.4 Å². The van der Waals surface area contributed by atoms with Gasteiger partial charge in [-0.3, -0.25) is 9.59 Å². The molecule has 0 spiro atoms. The minimum absolute atomic E-state index is 0.0753. The molecular weight excluding hydrogens is 274 g/mol. The Morgan fingerprint density at radius 1 is 1.45 bits per heavy atom. The molecule has 5 heteroatoms. The molecule has 1 unspecified atom stereocenters. The van der Waals surface area contributed by atoms with E-state index in [1.165, 1.54) is 26.2 Å². The average molecular weight is 299 g/mol. The lowest BCUT2D eigenvalue weighted by Gasteiger charge is -2.16. The van der Waals surface area contributed by atoms with E-state index in [9.17, 15) is 14.7 Å². The van der Waals surface area contributed by atoms with Crippen molar-refractivity contribution in [2.75, 3.05) is 11.5 Å². The van der Waals surface area contributed by atoms with Gasteiger partial charge in [0.05, 0.1) is 6.04 Å². The van der Waals surface area contributed by atoms with Gasteiger partial charge in [-0.15, -0.1) is 0 Å². The third kappa shape index (κ3) is 4.54. The lowest BCUT2D eigenvalue weighted by Crippen LogP contribution is -2.31. The molecule has 20 heavy (non-hydrogen) atoms. The van der Waals surface area contributed by atoms with Gasteiger partial charge in [-0.05, 0) is 25.0 Å². The first-order chi connectivity index (χ1) is 9.51. The molecule has 0 bridgehead atoms. The average Bonchev–Trinajstić information content (AvgIpc) is 2.68. The van der Waals surface area contributed by atoms with Crippen LogP contribution < -0.4 is 5.32 Å². The number of aliphatic hydroxyl groups excluding tert-OH is 1. The van der Waals surface area contributed by atoms with Gasteiger partial charge in [0.25, 0.3) is 5.91 Å². The largest absolute Gasteiger partial charge is 0.509 e. The van der Waals surface area contributed by atoms with Gasteiger partial charge in [-0.2, -0.15) is 11.8 Å². The summed E-state index contributed by atoms with van der Waals surface area (Å²) < 4.78 is 0. The Hall–Kier alpha value is -0.970. The molecule has 1 aliphatic rings. The van der Waals surface area contributed by atoms with Crippen LogP contribution in [-0.4, -0.2) is 34.3 Å². The van der Waals surface area contributed by atoms with E-state index in [-0.39, 0.29) is 17.1 Å². The summed E-state index contributed by atoms with van der Waals surface area (Å²) in [5, 5.41) is 12.6. The van der Waals surface area contributed by atoms with Crippen LogP contribution in [0.25, 0.3) is 0 Å². The van der Waals surface area contributed by atoms with Crippen LogP contribution >= 0.6 is 11.8 Å². The van der Waals surface area contributed by atoms with Gasteiger partial charge in [0.15, 0.2) is 5.78 Å². The third-order valence-electron chi connectivity index (χ3n) is 3.65. The van der Waals surface area contributed by atoms with Gasteiger partial charge in [0.2, 0.25) is 0 Å². The van der Waals surface area contributed by atoms with E-state index in [0.717, 1.165) is 12.2 Å². The maximum atomic E-state index is 11.6. The number of hydrogen-bond acceptors (Lipinski definition) is 4. The molecule has 114 valence electrons. The number of carbonyl (C=O) groups excluding carboxylic acids is 2. The van der Waals surface area contributed by atoms with E-state index in [0.29, 0.717) is 11.7 Å². The third-order valence-corrected chi connectivity index (χ3v) is 4.93. The van der Waals surface area contributed by atoms with Gasteiger partial charge in [0.1, 0.15) is 11.3 Å². The fourth-order valence-corrected chi connectivity index (χ4v) is 3.65. The predicted molar refractivity (Wildman–Crippen MR) is 82.9 cm³/mol. The van der Waals surface area contributed by atoms with Crippen LogP contribution in [0, 0.1) is 5.92 Å². The molecule has 1 aliphatic heterocycles. The minimum Gasteiger partial charge on any atom is -0.509 e. The fraction of sp³-hybridized carbons (Fsp3) is 0.733. The van der Waals surface area contributed by atoms with E-state index in [1.54, 1.807) is 11.8 Å². The number of ketones is 1. The van der Waals surface area contributed by atoms with Crippen LogP contribution in [0.5, 0.6) is 0 Å². The zero-order valence-electron chi connectivity index (χ0n) is 12.6. The number of unbranched alkanes of at least 4 members (excludes halogenated alkanes) is 1. The summed E-state index contributed by atoms with van der Waals surface area (Å²) in [4.78, 5) is 22.8. The molecule has 0 radical (unpaired) electrons. The molecule has 0 fully saturated rings. The van der Waals surface area contributed by atoms with Crippen LogP contribution in [0.4, 0.5) is 0 Å². The van der Waals surface area contributed by atoms with Crippen molar-refractivity contribution in [2.24, 2.45) is 5.92 Å². The summed E-state index contributed by atoms with van der Waals surface area (Å²) in [6.45, 7) is 5.70. The molecular formula is C15H25NO3S. The lowest BCUT2D eigenvalue weighted by atomic mass is 10.0. The molecule has 0 aliphatic carbocycles. The molecule has 0 saturated heterocycles. The zero-order chi connectivity index (χ0) is 15.1. The van der Waals surface area contributed by atoms with Gasteiger partial charge in [0, 0.05) is 5.75 Å². The predicted octanol–water partition coefficient (Wildman–Crippen LogP) is 2.84. The minimum atomic E-state index is -0.446. The van der Waals surface area contributed by atoms with Crippen molar-refractivity contribution in [2.45, 2.75) is 52.5 Å². The molecule has 0 saturated carbocycles. The summed E-state index contributed by atoms with van der Waals surface area (Å²) in [6, 6.07) is -0.407. The quantitative estimate of drug-likeness (QED) is 0.643. The second kappa shape index (κ2) is 8.35. The van der Waals surface area contributed by atoms with Gasteiger partial charge >= 0.3 is 0 Å². The molecule has 0 aromatic rings. The molecule has 2 atom stereocenters. The number of hydrogen-bond donors (Lipinski definition) is 2. The highest BCUT2D eigenvalue weighted by Crippen LogP contribution is 2.23. The number of nitrogens with one attached hydrogen (secondary N) is 1. The molecule has 0 aromatic heterocycles. The maximum Gasteiger partial charge on any atom is 0.259 e. The normalized spacial score (nSPS) is 20.1. The summed E-state index contributed by atoms with van der Waals surface area (Å²) in [7, 11) is 0. The van der Waals surface area contributed by atoms with E-state index >= 15 is 0 Å². The van der Waals surface area contributed by atoms with Crippen LogP contribution in [0.15, 0.2) is 11.3 Å². The number of rotatable bonds is 9. The highest BCUT2D eigenvalue weighted by Gasteiger charge is 2.33. The number of amides is 1. The smallest absolute Gasteiger partial charge is 0.259 e. The number of carbonyl (C=O) groups is 2. The van der Waals surface area contributed by atoms with Crippen molar-refractivity contribution in [1.29, 1.82) is 0 Å². The summed E-state index contributed by atoms with van der Waals surface area (Å²) in [5.74, 6) is 1.44. The van der Waals surface area contributed by atoms with E-state index < -0.39 is 11.9 Å². The molecule has 2 N–H and O–H groups in total. The van der Waals surface area contributed by atoms with Gasteiger partial charge in [-0.1, -0.05) is 33.1 Å². The molecule has 1 rings (SSSR count). The summed E-state index contributed by atoms with van der Waals surface area (Å²) >= 11 is 1.73. The number of aliphatic hydroxyl groups is 1. The summed E-state index contributed by atoms with van der Waals surface area (Å²) in [5.41, 5.74) is -0.0753. The zero-order valence-corrected chi connectivity index (χ0v) is 13.4. The molecule has 4 nitrogen and oxygen atoms in total. The Labute approximate surface area is 125 Å². The van der Waals surface area contributed by atoms with Crippen LogP contribution in [0.1, 0.15) is 46.5 Å². The Balaban J connectivity index is 2.43. The first kappa shape index (κ1) is 17.1. The first-order valence-corrected chi connectivity index (χ1v) is 8.49. The highest BCUT2D eigenvalue weighted by atomic mass is 32.2. The Morgan fingerprint density at radius 3 is 2.65 bits per heavy atom. The lowest BCUT2D eigenvalue weighted by molar-refractivity contribution is -0.121. The van der Waals surface area contributed by atoms with Crippen molar-refractivity contribution < 1.29 is 14.7 Å². The molecule has 0 aromatic carbocycles. The SMILES string of the molecule is CCCCC(CC)CSC[C@@H]1NC(=O)C(C(C)=O)=C1O. The van der Waals surface area contributed by atoms with Crippen molar-refractivity contribution in [1.82, 2.24) is 5.32 Å². The monoisotopic (exact) mass is 299 g/mol. The Kier molecular flexibility index (Phi) is 7.13. The van der Waals surface area contributed by atoms with Crippen molar-refractivity contribution in [3.05, 3.63) is 11.3 Å². The maximum absolute atomic E-state index is 11.6.